The molecular formula is C20H13Cl2F2N3OS2. The highest BCUT2D eigenvalue weighted by Crippen LogP contribution is 2.37. The Balaban J connectivity index is 1.76. The van der Waals surface area contributed by atoms with Crippen LogP contribution in [0.4, 0.5) is 8.78 Å². The average molecular weight is 484 g/mol. The number of hydrogen-bond donors (Lipinski definition) is 1. The highest BCUT2D eigenvalue weighted by Gasteiger charge is 2.18. The lowest BCUT2D eigenvalue weighted by atomic mass is 10.1. The van der Waals surface area contributed by atoms with Gasteiger partial charge in [-0.15, -0.1) is 23.5 Å². The second-order valence-electron chi connectivity index (χ2n) is 6.23. The molecule has 10 heteroatoms. The molecule has 0 bridgehead atoms. The van der Waals surface area contributed by atoms with Crippen molar-refractivity contribution in [2.45, 2.75) is 15.5 Å². The molecule has 0 spiro atoms. The number of benzene rings is 2. The molecule has 0 aliphatic carbocycles. The summed E-state index contributed by atoms with van der Waals surface area (Å²) < 4.78 is 28.7. The monoisotopic (exact) mass is 483 g/mol. The van der Waals surface area contributed by atoms with E-state index in [-0.39, 0.29) is 16.2 Å². The minimum Gasteiger partial charge on any atom is -0.288 e. The van der Waals surface area contributed by atoms with Gasteiger partial charge in [0.05, 0.1) is 21.3 Å². The normalized spacial score (nSPS) is 11.4. The smallest absolute Gasteiger partial charge is 0.272 e. The first-order valence-electron chi connectivity index (χ1n) is 8.60. The third-order valence-corrected chi connectivity index (χ3v) is 6.73. The van der Waals surface area contributed by atoms with Gasteiger partial charge in [0, 0.05) is 27.3 Å². The van der Waals surface area contributed by atoms with E-state index in [4.69, 9.17) is 23.2 Å². The molecule has 1 N–H and O–H groups in total. The van der Waals surface area contributed by atoms with Gasteiger partial charge in [0.15, 0.2) is 17.3 Å². The van der Waals surface area contributed by atoms with Crippen molar-refractivity contribution in [1.82, 2.24) is 14.6 Å². The number of H-pyrrole nitrogens is 1. The van der Waals surface area contributed by atoms with E-state index in [0.717, 1.165) is 22.7 Å². The van der Waals surface area contributed by atoms with Crippen LogP contribution in [0.15, 0.2) is 57.1 Å². The molecule has 0 saturated heterocycles. The lowest BCUT2D eigenvalue weighted by Crippen LogP contribution is -2.15. The number of thioether (sulfide) groups is 2. The summed E-state index contributed by atoms with van der Waals surface area (Å²) in [4.78, 5) is 18.1. The van der Waals surface area contributed by atoms with Crippen molar-refractivity contribution in [3.63, 3.8) is 0 Å². The fourth-order valence-corrected chi connectivity index (χ4v) is 4.99. The first-order chi connectivity index (χ1) is 14.4. The van der Waals surface area contributed by atoms with Crippen LogP contribution in [-0.2, 0) is 5.75 Å². The molecule has 2 heterocycles. The predicted octanol–water partition coefficient (Wildman–Crippen LogP) is 6.29. The van der Waals surface area contributed by atoms with E-state index in [1.165, 1.54) is 34.5 Å². The number of aromatic nitrogens is 3. The van der Waals surface area contributed by atoms with Gasteiger partial charge in [0.25, 0.3) is 5.56 Å². The zero-order valence-corrected chi connectivity index (χ0v) is 18.5. The Morgan fingerprint density at radius 2 is 1.97 bits per heavy atom. The van der Waals surface area contributed by atoms with Gasteiger partial charge in [0.2, 0.25) is 0 Å². The zero-order chi connectivity index (χ0) is 21.4. The van der Waals surface area contributed by atoms with Crippen LogP contribution in [-0.4, -0.2) is 20.9 Å². The highest BCUT2D eigenvalue weighted by molar-refractivity contribution is 7.99. The third-order valence-electron chi connectivity index (χ3n) is 4.32. The molecule has 0 fully saturated rings. The molecule has 4 nitrogen and oxygen atoms in total. The molecule has 0 atom stereocenters. The molecule has 0 aliphatic rings. The van der Waals surface area contributed by atoms with Gasteiger partial charge >= 0.3 is 0 Å². The van der Waals surface area contributed by atoms with E-state index in [2.05, 4.69) is 10.1 Å². The molecule has 0 unspecified atom stereocenters. The summed E-state index contributed by atoms with van der Waals surface area (Å²) in [5, 5.41) is 4.00. The summed E-state index contributed by atoms with van der Waals surface area (Å²) in [6.07, 6.45) is 1.87. The molecule has 154 valence electrons. The van der Waals surface area contributed by atoms with Crippen LogP contribution in [0.1, 0.15) is 5.69 Å². The summed E-state index contributed by atoms with van der Waals surface area (Å²) in [5.74, 6) is -1.61. The topological polar surface area (TPSA) is 50.2 Å². The molecule has 4 aromatic rings. The van der Waals surface area contributed by atoms with Crippen LogP contribution in [0, 0.1) is 11.6 Å². The summed E-state index contributed by atoms with van der Waals surface area (Å²) in [7, 11) is 0. The van der Waals surface area contributed by atoms with Crippen LogP contribution in [0.2, 0.25) is 10.0 Å². The summed E-state index contributed by atoms with van der Waals surface area (Å²) in [5.41, 5.74) is 1.91. The average Bonchev–Trinajstić information content (AvgIpc) is 3.08. The maximum atomic E-state index is 13.9. The van der Waals surface area contributed by atoms with Gasteiger partial charge in [-0.3, -0.25) is 9.89 Å². The van der Waals surface area contributed by atoms with Gasteiger partial charge in [-0.2, -0.15) is 4.52 Å². The standard InChI is InChI=1S/C20H13Cl2F2N3OS2/c1-29-19-18(12-6-5-10(21)7-13(12)22)26-27-16(28)8-11(25-20(19)27)9-30-15-4-2-3-14(23)17(15)24/h2-8,26H,9H2,1H3. The first-order valence-corrected chi connectivity index (χ1v) is 11.6. The Kier molecular flexibility index (Phi) is 6.11. The van der Waals surface area contributed by atoms with Gasteiger partial charge < -0.3 is 0 Å². The Hall–Kier alpha value is -2.00. The van der Waals surface area contributed by atoms with Crippen molar-refractivity contribution in [2.75, 3.05) is 6.26 Å². The molecule has 4 rings (SSSR count). The van der Waals surface area contributed by atoms with Gasteiger partial charge in [-0.05, 0) is 36.6 Å². The maximum absolute atomic E-state index is 13.9. The van der Waals surface area contributed by atoms with Crippen LogP contribution >= 0.6 is 46.7 Å². The number of nitrogens with one attached hydrogen (secondary N) is 1. The summed E-state index contributed by atoms with van der Waals surface area (Å²) in [6, 6.07) is 10.5. The minimum absolute atomic E-state index is 0.157. The largest absolute Gasteiger partial charge is 0.288 e. The second kappa shape index (κ2) is 8.63. The Bertz CT molecular complexity index is 1320. The van der Waals surface area contributed by atoms with E-state index in [9.17, 15) is 13.6 Å². The molecule has 0 aliphatic heterocycles. The van der Waals surface area contributed by atoms with Crippen molar-refractivity contribution in [2.24, 2.45) is 0 Å². The lowest BCUT2D eigenvalue weighted by molar-refractivity contribution is 0.491. The van der Waals surface area contributed by atoms with E-state index in [0.29, 0.717) is 32.6 Å². The van der Waals surface area contributed by atoms with Crippen LogP contribution in [0.5, 0.6) is 0 Å². The highest BCUT2D eigenvalue weighted by atomic mass is 35.5. The van der Waals surface area contributed by atoms with E-state index < -0.39 is 11.6 Å². The summed E-state index contributed by atoms with van der Waals surface area (Å²) in [6.45, 7) is 0. The number of nitrogens with zero attached hydrogens (tertiary/aromatic N) is 2. The maximum Gasteiger partial charge on any atom is 0.272 e. The van der Waals surface area contributed by atoms with Gasteiger partial charge in [-0.25, -0.2) is 13.8 Å². The molecule has 0 radical (unpaired) electrons. The van der Waals surface area contributed by atoms with Crippen molar-refractivity contribution in [3.8, 4) is 11.3 Å². The van der Waals surface area contributed by atoms with Crippen LogP contribution in [0.3, 0.4) is 0 Å². The fourth-order valence-electron chi connectivity index (χ4n) is 2.95. The number of halogens is 4. The lowest BCUT2D eigenvalue weighted by Gasteiger charge is -2.05. The van der Waals surface area contributed by atoms with Crippen molar-refractivity contribution >= 4 is 52.4 Å². The Morgan fingerprint density at radius 3 is 2.70 bits per heavy atom. The Morgan fingerprint density at radius 1 is 1.17 bits per heavy atom. The minimum atomic E-state index is -0.914. The van der Waals surface area contributed by atoms with E-state index in [1.54, 1.807) is 18.2 Å². The second-order valence-corrected chi connectivity index (χ2v) is 8.91. The number of rotatable bonds is 5. The van der Waals surface area contributed by atoms with E-state index >= 15 is 0 Å². The number of hydrogen-bond acceptors (Lipinski definition) is 4. The fraction of sp³-hybridized carbons (Fsp3) is 0.100. The van der Waals surface area contributed by atoms with E-state index in [1.807, 2.05) is 6.26 Å². The number of aromatic amines is 1. The predicted molar refractivity (Wildman–Crippen MR) is 119 cm³/mol. The van der Waals surface area contributed by atoms with Crippen LogP contribution < -0.4 is 5.56 Å². The van der Waals surface area contributed by atoms with Crippen molar-refractivity contribution < 1.29 is 8.78 Å². The molecule has 2 aromatic carbocycles. The van der Waals surface area contributed by atoms with Crippen LogP contribution in [0.25, 0.3) is 16.9 Å². The summed E-state index contributed by atoms with van der Waals surface area (Å²) >= 11 is 14.8. The third kappa shape index (κ3) is 3.97. The van der Waals surface area contributed by atoms with Crippen molar-refractivity contribution in [3.05, 3.63) is 80.2 Å². The van der Waals surface area contributed by atoms with Crippen molar-refractivity contribution in [1.29, 1.82) is 0 Å². The molecule has 0 amide bonds. The molecule has 2 aromatic heterocycles. The molecule has 0 saturated carbocycles. The quantitative estimate of drug-likeness (QED) is 0.339. The SMILES string of the molecule is CSc1c(-c2ccc(Cl)cc2Cl)[nH]n2c(=O)cc(CSc3cccc(F)c3F)nc12. The zero-order valence-electron chi connectivity index (χ0n) is 15.4. The first kappa shape index (κ1) is 21.2. The molecular weight excluding hydrogens is 471 g/mol. The Labute approximate surface area is 188 Å². The van der Waals surface area contributed by atoms with Gasteiger partial charge in [-0.1, -0.05) is 29.3 Å². The van der Waals surface area contributed by atoms with Gasteiger partial charge in [0.1, 0.15) is 0 Å². The molecule has 30 heavy (non-hydrogen) atoms. The number of fused-ring (bicyclic) bond motifs is 1.